The summed E-state index contributed by atoms with van der Waals surface area (Å²) >= 11 is 6.02. The molecule has 32 heavy (non-hydrogen) atoms. The maximum atomic E-state index is 13.3. The summed E-state index contributed by atoms with van der Waals surface area (Å²) in [4.78, 5) is 41.1. The Morgan fingerprint density at radius 2 is 1.69 bits per heavy atom. The quantitative estimate of drug-likeness (QED) is 0.382. The maximum absolute atomic E-state index is 13.3. The molecule has 0 radical (unpaired) electrons. The Hall–Kier alpha value is -3.06. The smallest absolute Gasteiger partial charge is 0.307 e. The number of para-hydroxylation sites is 2. The van der Waals surface area contributed by atoms with E-state index < -0.39 is 33.7 Å². The summed E-state index contributed by atoms with van der Waals surface area (Å²) in [5, 5.41) is 2.65. The van der Waals surface area contributed by atoms with E-state index in [0.717, 1.165) is 21.6 Å². The average Bonchev–Trinajstić information content (AvgIpc) is 3.18. The summed E-state index contributed by atoms with van der Waals surface area (Å²) in [6.07, 6.45) is 0. The minimum absolute atomic E-state index is 0.00204. The van der Waals surface area contributed by atoms with Crippen molar-refractivity contribution in [1.82, 2.24) is 4.90 Å². The van der Waals surface area contributed by atoms with Crippen LogP contribution in [0.4, 0.5) is 16.2 Å². The molecule has 12 heteroatoms. The number of thioether (sulfide) groups is 1. The number of thiocarbonyl (C=S) groups is 1. The highest BCUT2D eigenvalue weighted by molar-refractivity contribution is 8.26. The van der Waals surface area contributed by atoms with E-state index in [9.17, 15) is 22.8 Å². The van der Waals surface area contributed by atoms with Crippen molar-refractivity contribution in [3.8, 4) is 0 Å². The number of nitrogens with one attached hydrogen (secondary N) is 1. The lowest BCUT2D eigenvalue weighted by molar-refractivity contribution is -0.122. The van der Waals surface area contributed by atoms with Crippen LogP contribution in [0.2, 0.25) is 0 Å². The Morgan fingerprint density at radius 3 is 2.38 bits per heavy atom. The van der Waals surface area contributed by atoms with E-state index in [1.165, 1.54) is 0 Å². The molecule has 0 atom stereocenters. The lowest BCUT2D eigenvalue weighted by Gasteiger charge is -2.16. The van der Waals surface area contributed by atoms with Crippen LogP contribution in [-0.4, -0.2) is 52.3 Å². The Labute approximate surface area is 192 Å². The van der Waals surface area contributed by atoms with Crippen LogP contribution >= 0.6 is 24.0 Å². The van der Waals surface area contributed by atoms with Gasteiger partial charge in [0.15, 0.2) is 0 Å². The number of nitrogens with zero attached hydrogens (tertiary/aromatic N) is 2. The molecule has 4 rings (SSSR count). The number of imide groups is 1. The first-order valence-electron chi connectivity index (χ1n) is 9.20. The minimum atomic E-state index is -4.31. The van der Waals surface area contributed by atoms with Crippen molar-refractivity contribution < 1.29 is 27.4 Å². The number of hydrogen-bond donors (Lipinski definition) is 2. The van der Waals surface area contributed by atoms with Crippen LogP contribution in [-0.2, 0) is 19.7 Å². The first-order chi connectivity index (χ1) is 15.2. The maximum Gasteiger partial charge on any atom is 0.333 e. The van der Waals surface area contributed by atoms with Crippen LogP contribution in [0.25, 0.3) is 5.57 Å². The van der Waals surface area contributed by atoms with E-state index in [-0.39, 0.29) is 21.3 Å². The van der Waals surface area contributed by atoms with Crippen LogP contribution in [0.15, 0.2) is 59.5 Å². The fourth-order valence-corrected chi connectivity index (χ4v) is 5.08. The third kappa shape index (κ3) is 4.17. The second-order valence-electron chi connectivity index (χ2n) is 6.77. The monoisotopic (exact) mass is 489 g/mol. The van der Waals surface area contributed by atoms with Gasteiger partial charge in [0.05, 0.1) is 21.9 Å². The van der Waals surface area contributed by atoms with Gasteiger partial charge in [0.1, 0.15) is 4.32 Å². The number of amides is 4. The number of hydrogen-bond acceptors (Lipinski definition) is 7. The third-order valence-corrected chi connectivity index (χ3v) is 6.86. The standard InChI is InChI=1S/C20H15N3O6S3/c24-17-15(16-18(25)22(20(30)31-16)10-11-32(27,28)29)13-8-4-5-9-14(13)23(17)19(26)21-12-6-2-1-3-7-12/h1-9H,10-11H2,(H,21,26)(H,27,28,29). The molecule has 2 aliphatic heterocycles. The fraction of sp³-hybridized carbons (Fsp3) is 0.100. The molecule has 2 aromatic carbocycles. The Bertz CT molecular complexity index is 1290. The molecule has 2 heterocycles. The summed E-state index contributed by atoms with van der Waals surface area (Å²) in [5.41, 5.74) is 1.20. The molecule has 0 aliphatic carbocycles. The molecular formula is C20H15N3O6S3. The van der Waals surface area contributed by atoms with Gasteiger partial charge in [-0.15, -0.1) is 0 Å². The van der Waals surface area contributed by atoms with Gasteiger partial charge in [0.2, 0.25) is 0 Å². The number of urea groups is 1. The topological polar surface area (TPSA) is 124 Å². The average molecular weight is 490 g/mol. The molecule has 0 unspecified atom stereocenters. The normalized spacial score (nSPS) is 18.3. The molecule has 0 saturated carbocycles. The zero-order chi connectivity index (χ0) is 23.0. The van der Waals surface area contributed by atoms with E-state index in [4.69, 9.17) is 16.8 Å². The van der Waals surface area contributed by atoms with Crippen molar-refractivity contribution >= 4 is 73.2 Å². The van der Waals surface area contributed by atoms with Gasteiger partial charge < -0.3 is 5.32 Å². The Morgan fingerprint density at radius 1 is 1.03 bits per heavy atom. The highest BCUT2D eigenvalue weighted by Gasteiger charge is 2.44. The van der Waals surface area contributed by atoms with E-state index in [0.29, 0.717) is 16.9 Å². The zero-order valence-electron chi connectivity index (χ0n) is 16.2. The van der Waals surface area contributed by atoms with Gasteiger partial charge in [-0.25, -0.2) is 9.69 Å². The van der Waals surface area contributed by atoms with Gasteiger partial charge in [0.25, 0.3) is 21.9 Å². The zero-order valence-corrected chi connectivity index (χ0v) is 18.7. The molecule has 2 aliphatic rings. The van der Waals surface area contributed by atoms with E-state index >= 15 is 0 Å². The van der Waals surface area contributed by atoms with E-state index in [1.54, 1.807) is 54.6 Å². The molecule has 4 amide bonds. The number of carbonyl (C=O) groups is 3. The molecule has 1 fully saturated rings. The largest absolute Gasteiger partial charge is 0.333 e. The number of rotatable bonds is 4. The van der Waals surface area contributed by atoms with Crippen molar-refractivity contribution in [1.29, 1.82) is 0 Å². The molecule has 2 aromatic rings. The summed E-state index contributed by atoms with van der Waals surface area (Å²) in [7, 11) is -4.31. The van der Waals surface area contributed by atoms with Gasteiger partial charge in [-0.1, -0.05) is 60.4 Å². The molecule has 0 aromatic heterocycles. The van der Waals surface area contributed by atoms with E-state index in [2.05, 4.69) is 5.32 Å². The molecule has 164 valence electrons. The molecule has 2 N–H and O–H groups in total. The first-order valence-corrected chi connectivity index (χ1v) is 12.0. The molecule has 1 saturated heterocycles. The van der Waals surface area contributed by atoms with Gasteiger partial charge >= 0.3 is 6.03 Å². The highest BCUT2D eigenvalue weighted by Crippen LogP contribution is 2.44. The Kier molecular flexibility index (Phi) is 5.86. The van der Waals surface area contributed by atoms with Gasteiger partial charge in [0, 0.05) is 17.8 Å². The molecule has 0 bridgehead atoms. The van der Waals surface area contributed by atoms with Crippen molar-refractivity contribution in [2.45, 2.75) is 0 Å². The van der Waals surface area contributed by atoms with E-state index in [1.807, 2.05) is 0 Å². The molecular weight excluding hydrogens is 474 g/mol. The Balaban J connectivity index is 1.70. The van der Waals surface area contributed by atoms with Gasteiger partial charge in [-0.2, -0.15) is 8.42 Å². The number of anilines is 2. The van der Waals surface area contributed by atoms with Crippen LogP contribution < -0.4 is 10.2 Å². The molecule has 9 nitrogen and oxygen atoms in total. The summed E-state index contributed by atoms with van der Waals surface area (Å²) in [5.74, 6) is -2.06. The van der Waals surface area contributed by atoms with Crippen molar-refractivity contribution in [3.05, 3.63) is 65.1 Å². The first kappa shape index (κ1) is 22.1. The predicted molar refractivity (Wildman–Crippen MR) is 125 cm³/mol. The SMILES string of the molecule is O=C1C(=C2C(=O)N(C(=O)Nc3ccccc3)c3ccccc32)SC(=S)N1CCS(=O)(=O)O. The van der Waals surface area contributed by atoms with Crippen molar-refractivity contribution in [2.24, 2.45) is 0 Å². The summed E-state index contributed by atoms with van der Waals surface area (Å²) < 4.78 is 31.2. The number of benzene rings is 2. The predicted octanol–water partition coefficient (Wildman–Crippen LogP) is 2.72. The van der Waals surface area contributed by atoms with Gasteiger partial charge in [-0.3, -0.25) is 19.0 Å². The lowest BCUT2D eigenvalue weighted by Crippen LogP contribution is -2.37. The second-order valence-corrected chi connectivity index (χ2v) is 9.99. The second kappa shape index (κ2) is 8.47. The highest BCUT2D eigenvalue weighted by atomic mass is 32.2. The molecule has 0 spiro atoms. The summed E-state index contributed by atoms with van der Waals surface area (Å²) in [6.45, 7) is -0.353. The number of fused-ring (bicyclic) bond motifs is 1. The lowest BCUT2D eigenvalue weighted by atomic mass is 10.1. The fourth-order valence-electron chi connectivity index (χ4n) is 3.29. The summed E-state index contributed by atoms with van der Waals surface area (Å²) in [6, 6.07) is 14.4. The van der Waals surface area contributed by atoms with Gasteiger partial charge in [-0.05, 0) is 18.2 Å². The van der Waals surface area contributed by atoms with Crippen molar-refractivity contribution in [3.63, 3.8) is 0 Å². The van der Waals surface area contributed by atoms with Crippen LogP contribution in [0.3, 0.4) is 0 Å². The minimum Gasteiger partial charge on any atom is -0.307 e. The van der Waals surface area contributed by atoms with Crippen LogP contribution in [0.5, 0.6) is 0 Å². The van der Waals surface area contributed by atoms with Crippen molar-refractivity contribution in [2.75, 3.05) is 22.5 Å². The number of carbonyl (C=O) groups excluding carboxylic acids is 3. The van der Waals surface area contributed by atoms with Crippen LogP contribution in [0, 0.1) is 0 Å². The third-order valence-electron chi connectivity index (χ3n) is 4.71. The van der Waals surface area contributed by atoms with Crippen LogP contribution in [0.1, 0.15) is 5.56 Å².